The molecule has 1 aliphatic carbocycles. The van der Waals surface area contributed by atoms with Gasteiger partial charge in [-0.2, -0.15) is 5.10 Å². The number of fused-ring (bicyclic) bond motifs is 1. The summed E-state index contributed by atoms with van der Waals surface area (Å²) in [6.07, 6.45) is 5.20. The van der Waals surface area contributed by atoms with Crippen LogP contribution in [0.1, 0.15) is 42.6 Å². The molecule has 1 aromatic carbocycles. The van der Waals surface area contributed by atoms with Gasteiger partial charge >= 0.3 is 0 Å². The second-order valence-electron chi connectivity index (χ2n) is 6.22. The molecule has 1 amide bonds. The van der Waals surface area contributed by atoms with Crippen LogP contribution in [0, 0.1) is 11.7 Å². The Hall–Kier alpha value is -2.28. The van der Waals surface area contributed by atoms with Gasteiger partial charge < -0.3 is 10.4 Å². The first-order valence-electron chi connectivity index (χ1n) is 8.20. The van der Waals surface area contributed by atoms with Crippen molar-refractivity contribution in [1.29, 1.82) is 0 Å². The summed E-state index contributed by atoms with van der Waals surface area (Å²) in [7, 11) is 0. The number of benzene rings is 1. The van der Waals surface area contributed by atoms with E-state index in [4.69, 9.17) is 0 Å². The molecule has 24 heavy (non-hydrogen) atoms. The van der Waals surface area contributed by atoms with Gasteiger partial charge in [-0.25, -0.2) is 4.39 Å². The summed E-state index contributed by atoms with van der Waals surface area (Å²) >= 11 is 0. The fourth-order valence-corrected chi connectivity index (χ4v) is 3.36. The lowest BCUT2D eigenvalue weighted by Crippen LogP contribution is -2.45. The number of carbonyl (C=O) groups is 1. The number of H-pyrrole nitrogens is 1. The van der Waals surface area contributed by atoms with Crippen LogP contribution in [0.5, 0.6) is 0 Å². The number of amides is 1. The molecular formula is C17H20FN3O3. The second kappa shape index (κ2) is 7.09. The van der Waals surface area contributed by atoms with Crippen LogP contribution < -0.4 is 10.7 Å². The predicted molar refractivity (Wildman–Crippen MR) is 87.2 cm³/mol. The van der Waals surface area contributed by atoms with Crippen LogP contribution in [0.15, 0.2) is 23.0 Å². The molecule has 0 spiro atoms. The molecule has 1 fully saturated rings. The number of halogens is 1. The molecule has 0 aliphatic heterocycles. The van der Waals surface area contributed by atoms with Crippen LogP contribution in [0.3, 0.4) is 0 Å². The predicted octanol–water partition coefficient (Wildman–Crippen LogP) is 1.73. The molecule has 0 saturated heterocycles. The summed E-state index contributed by atoms with van der Waals surface area (Å²) in [4.78, 5) is 24.8. The van der Waals surface area contributed by atoms with Crippen molar-refractivity contribution >= 4 is 16.8 Å². The Balaban J connectivity index is 1.85. The Labute approximate surface area is 138 Å². The van der Waals surface area contributed by atoms with Crippen LogP contribution in [0.2, 0.25) is 0 Å². The minimum atomic E-state index is -0.646. The maximum Gasteiger partial charge on any atom is 0.276 e. The van der Waals surface area contributed by atoms with Crippen LogP contribution in [-0.4, -0.2) is 33.9 Å². The number of aliphatic hydroxyl groups is 1. The summed E-state index contributed by atoms with van der Waals surface area (Å²) < 4.78 is 13.7. The molecular weight excluding hydrogens is 313 g/mol. The zero-order valence-electron chi connectivity index (χ0n) is 13.2. The number of carbonyl (C=O) groups excluding carboxylic acids is 1. The number of nitrogens with one attached hydrogen (secondary N) is 2. The monoisotopic (exact) mass is 333 g/mol. The number of aromatic nitrogens is 2. The van der Waals surface area contributed by atoms with Crippen molar-refractivity contribution in [2.75, 3.05) is 6.61 Å². The lowest BCUT2D eigenvalue weighted by atomic mass is 9.84. The number of rotatable bonds is 4. The first kappa shape index (κ1) is 16.6. The Kier molecular flexibility index (Phi) is 4.89. The summed E-state index contributed by atoms with van der Waals surface area (Å²) in [6, 6.07) is 3.67. The Morgan fingerprint density at radius 3 is 2.83 bits per heavy atom. The largest absolute Gasteiger partial charge is 0.394 e. The molecule has 0 radical (unpaired) electrons. The molecule has 7 heteroatoms. The molecule has 1 unspecified atom stereocenters. The molecule has 0 bridgehead atoms. The zero-order valence-corrected chi connectivity index (χ0v) is 13.2. The highest BCUT2D eigenvalue weighted by Gasteiger charge is 2.26. The van der Waals surface area contributed by atoms with E-state index in [1.54, 1.807) is 0 Å². The van der Waals surface area contributed by atoms with Gasteiger partial charge in [0.15, 0.2) is 5.69 Å². The van der Waals surface area contributed by atoms with Gasteiger partial charge in [-0.15, -0.1) is 0 Å². The van der Waals surface area contributed by atoms with Crippen LogP contribution in [0.4, 0.5) is 4.39 Å². The third kappa shape index (κ3) is 3.17. The van der Waals surface area contributed by atoms with E-state index in [2.05, 4.69) is 15.5 Å². The van der Waals surface area contributed by atoms with Crippen molar-refractivity contribution in [3.8, 4) is 0 Å². The summed E-state index contributed by atoms with van der Waals surface area (Å²) in [5.41, 5.74) is -0.964. The topological polar surface area (TPSA) is 95.1 Å². The van der Waals surface area contributed by atoms with Gasteiger partial charge in [-0.05, 0) is 30.9 Å². The summed E-state index contributed by atoms with van der Waals surface area (Å²) in [6.45, 7) is -0.184. The summed E-state index contributed by atoms with van der Waals surface area (Å²) in [5, 5.41) is 18.5. The number of hydrogen-bond acceptors (Lipinski definition) is 4. The van der Waals surface area contributed by atoms with Crippen molar-refractivity contribution in [2.24, 2.45) is 5.92 Å². The van der Waals surface area contributed by atoms with Gasteiger partial charge in [-0.3, -0.25) is 14.7 Å². The third-order valence-corrected chi connectivity index (χ3v) is 4.70. The van der Waals surface area contributed by atoms with Crippen molar-refractivity contribution in [3.05, 3.63) is 39.9 Å². The third-order valence-electron chi connectivity index (χ3n) is 4.70. The molecule has 1 atom stereocenters. The molecule has 6 nitrogen and oxygen atoms in total. The van der Waals surface area contributed by atoms with E-state index in [1.807, 2.05) is 0 Å². The average molecular weight is 333 g/mol. The molecule has 1 saturated carbocycles. The molecule has 1 heterocycles. The number of aliphatic hydroxyl groups excluding tert-OH is 1. The average Bonchev–Trinajstić information content (AvgIpc) is 2.61. The Morgan fingerprint density at radius 2 is 2.12 bits per heavy atom. The number of para-hydroxylation sites is 1. The highest BCUT2D eigenvalue weighted by molar-refractivity contribution is 5.95. The maximum atomic E-state index is 13.7. The van der Waals surface area contributed by atoms with Gasteiger partial charge in [0.1, 0.15) is 11.3 Å². The van der Waals surface area contributed by atoms with Crippen LogP contribution in [-0.2, 0) is 0 Å². The van der Waals surface area contributed by atoms with E-state index < -0.39 is 23.2 Å². The van der Waals surface area contributed by atoms with Gasteiger partial charge in [0, 0.05) is 0 Å². The molecule has 1 aromatic heterocycles. The SMILES string of the molecule is O=C(NC(CO)C1CCCCC1)c1n[nH]c2c(F)cccc2c1=O. The lowest BCUT2D eigenvalue weighted by Gasteiger charge is -2.29. The van der Waals surface area contributed by atoms with Gasteiger partial charge in [0.2, 0.25) is 5.43 Å². The Bertz CT molecular complexity index is 799. The van der Waals surface area contributed by atoms with E-state index in [1.165, 1.54) is 24.6 Å². The van der Waals surface area contributed by atoms with E-state index in [9.17, 15) is 19.1 Å². The second-order valence-corrected chi connectivity index (χ2v) is 6.22. The smallest absolute Gasteiger partial charge is 0.276 e. The first-order chi connectivity index (χ1) is 11.6. The van der Waals surface area contributed by atoms with E-state index in [-0.39, 0.29) is 29.1 Å². The normalized spacial score (nSPS) is 16.9. The quantitative estimate of drug-likeness (QED) is 0.794. The fraction of sp³-hybridized carbons (Fsp3) is 0.471. The van der Waals surface area contributed by atoms with Crippen molar-refractivity contribution in [1.82, 2.24) is 15.5 Å². The molecule has 2 aromatic rings. The highest BCUT2D eigenvalue weighted by atomic mass is 19.1. The van der Waals surface area contributed by atoms with Gasteiger partial charge in [-0.1, -0.05) is 25.3 Å². The molecule has 3 rings (SSSR count). The van der Waals surface area contributed by atoms with E-state index in [0.29, 0.717) is 0 Å². The molecule has 1 aliphatic rings. The maximum absolute atomic E-state index is 13.7. The standard InChI is InChI=1S/C17H20FN3O3/c18-12-8-4-7-11-14(12)20-21-15(16(11)23)17(24)19-13(9-22)10-5-2-1-3-6-10/h4,7-8,10,13,22H,1-3,5-6,9H2,(H,19,24)(H,20,23). The molecule has 128 valence electrons. The zero-order chi connectivity index (χ0) is 17.1. The number of aromatic amines is 1. The number of hydrogen-bond donors (Lipinski definition) is 3. The van der Waals surface area contributed by atoms with Crippen LogP contribution in [0.25, 0.3) is 10.9 Å². The van der Waals surface area contributed by atoms with Crippen molar-refractivity contribution < 1.29 is 14.3 Å². The number of nitrogens with zero attached hydrogens (tertiary/aromatic N) is 1. The minimum Gasteiger partial charge on any atom is -0.394 e. The molecule has 3 N–H and O–H groups in total. The van der Waals surface area contributed by atoms with Crippen molar-refractivity contribution in [3.63, 3.8) is 0 Å². The van der Waals surface area contributed by atoms with E-state index in [0.717, 1.165) is 25.7 Å². The highest BCUT2D eigenvalue weighted by Crippen LogP contribution is 2.26. The van der Waals surface area contributed by atoms with Crippen molar-refractivity contribution in [2.45, 2.75) is 38.1 Å². The fourth-order valence-electron chi connectivity index (χ4n) is 3.36. The van der Waals surface area contributed by atoms with Crippen LogP contribution >= 0.6 is 0 Å². The Morgan fingerprint density at radius 1 is 1.38 bits per heavy atom. The van der Waals surface area contributed by atoms with Gasteiger partial charge in [0.25, 0.3) is 5.91 Å². The lowest BCUT2D eigenvalue weighted by molar-refractivity contribution is 0.0864. The van der Waals surface area contributed by atoms with E-state index >= 15 is 0 Å². The van der Waals surface area contributed by atoms with Gasteiger partial charge in [0.05, 0.1) is 18.0 Å². The minimum absolute atomic E-state index is 0.0231. The summed E-state index contributed by atoms with van der Waals surface area (Å²) in [5.74, 6) is -1.05. The first-order valence-corrected chi connectivity index (χ1v) is 8.20.